The maximum absolute atomic E-state index is 12.0. The first-order valence-corrected chi connectivity index (χ1v) is 6.73. The molecule has 3 unspecified atom stereocenters. The van der Waals surface area contributed by atoms with E-state index < -0.39 is 0 Å². The molecular weight excluding hydrogens is 230 g/mol. The number of nitrogens with one attached hydrogen (secondary N) is 1. The summed E-state index contributed by atoms with van der Waals surface area (Å²) in [5.74, 6) is 1.32. The van der Waals surface area contributed by atoms with Gasteiger partial charge in [0.15, 0.2) is 0 Å². The molecule has 2 fully saturated rings. The van der Waals surface area contributed by atoms with E-state index >= 15 is 0 Å². The van der Waals surface area contributed by atoms with Gasteiger partial charge in [-0.1, -0.05) is 13.3 Å². The number of nitrogens with two attached hydrogens (primary N) is 1. The van der Waals surface area contributed by atoms with Crippen LogP contribution in [-0.4, -0.2) is 22.2 Å². The van der Waals surface area contributed by atoms with Gasteiger partial charge >= 0.3 is 0 Å². The number of aromatic nitrogens is 2. The Hall–Kier alpha value is -1.36. The normalized spacial score (nSPS) is 29.9. The fourth-order valence-electron chi connectivity index (χ4n) is 3.13. The lowest BCUT2D eigenvalue weighted by Crippen LogP contribution is -2.25. The minimum absolute atomic E-state index is 0.0814. The van der Waals surface area contributed by atoms with Crippen molar-refractivity contribution >= 4 is 5.82 Å². The zero-order chi connectivity index (χ0) is 12.7. The van der Waals surface area contributed by atoms with Gasteiger partial charge in [-0.15, -0.1) is 0 Å². The number of nitrogen functional groups attached to an aromatic ring is 1. The van der Waals surface area contributed by atoms with Crippen LogP contribution in [-0.2, 0) is 11.2 Å². The van der Waals surface area contributed by atoms with Crippen LogP contribution in [0.15, 0.2) is 4.79 Å². The third kappa shape index (κ3) is 1.82. The number of anilines is 1. The molecule has 18 heavy (non-hydrogen) atoms. The highest BCUT2D eigenvalue weighted by Crippen LogP contribution is 2.43. The van der Waals surface area contributed by atoms with Crippen molar-refractivity contribution in [1.82, 2.24) is 9.97 Å². The molecule has 0 saturated carbocycles. The van der Waals surface area contributed by atoms with E-state index in [0.717, 1.165) is 25.7 Å². The molecule has 98 valence electrons. The molecule has 2 bridgehead atoms. The quantitative estimate of drug-likeness (QED) is 0.847. The van der Waals surface area contributed by atoms with E-state index in [4.69, 9.17) is 10.5 Å². The molecule has 5 nitrogen and oxygen atoms in total. The second-order valence-corrected chi connectivity index (χ2v) is 5.28. The predicted molar refractivity (Wildman–Crippen MR) is 68.5 cm³/mol. The molecule has 0 spiro atoms. The number of nitrogens with zero attached hydrogens (tertiary/aromatic N) is 1. The Labute approximate surface area is 106 Å². The summed E-state index contributed by atoms with van der Waals surface area (Å²) in [4.78, 5) is 19.3. The zero-order valence-corrected chi connectivity index (χ0v) is 10.6. The van der Waals surface area contributed by atoms with Crippen molar-refractivity contribution in [2.75, 3.05) is 5.73 Å². The summed E-state index contributed by atoms with van der Waals surface area (Å²) < 4.78 is 5.79. The Morgan fingerprint density at radius 2 is 2.33 bits per heavy atom. The number of H-pyrrole nitrogens is 1. The van der Waals surface area contributed by atoms with Crippen LogP contribution in [0, 0.1) is 0 Å². The van der Waals surface area contributed by atoms with Crippen LogP contribution in [0.1, 0.15) is 49.9 Å². The molecule has 3 rings (SSSR count). The standard InChI is InChI=1S/C13H19N3O2/c1-2-3-8-11(14)15-12(16-13(8)17)9-6-7-4-5-10(9)18-7/h7,9-10H,2-6H2,1H3,(H3,14,15,16,17). The maximum atomic E-state index is 12.0. The number of hydrogen-bond acceptors (Lipinski definition) is 4. The first kappa shape index (κ1) is 11.7. The van der Waals surface area contributed by atoms with Gasteiger partial charge in [-0.2, -0.15) is 0 Å². The lowest BCUT2D eigenvalue weighted by atomic mass is 9.88. The molecule has 2 saturated heterocycles. The number of fused-ring (bicyclic) bond motifs is 2. The lowest BCUT2D eigenvalue weighted by Gasteiger charge is -2.18. The van der Waals surface area contributed by atoms with Gasteiger partial charge in [0.2, 0.25) is 0 Å². The number of ether oxygens (including phenoxy) is 1. The molecule has 0 aliphatic carbocycles. The third-order valence-corrected chi connectivity index (χ3v) is 4.02. The molecule has 0 aromatic carbocycles. The van der Waals surface area contributed by atoms with E-state index in [9.17, 15) is 4.79 Å². The van der Waals surface area contributed by atoms with Crippen LogP contribution in [0.4, 0.5) is 5.82 Å². The molecule has 1 aromatic rings. The zero-order valence-electron chi connectivity index (χ0n) is 10.6. The van der Waals surface area contributed by atoms with E-state index in [0.29, 0.717) is 29.7 Å². The summed E-state index contributed by atoms with van der Waals surface area (Å²) in [6.45, 7) is 2.02. The molecule has 5 heteroatoms. The van der Waals surface area contributed by atoms with Gasteiger partial charge in [-0.05, 0) is 25.7 Å². The Kier molecular flexibility index (Phi) is 2.86. The molecule has 3 N–H and O–H groups in total. The summed E-state index contributed by atoms with van der Waals surface area (Å²) in [5, 5.41) is 0. The highest BCUT2D eigenvalue weighted by atomic mass is 16.5. The highest BCUT2D eigenvalue weighted by Gasteiger charge is 2.42. The van der Waals surface area contributed by atoms with Crippen LogP contribution < -0.4 is 11.3 Å². The summed E-state index contributed by atoms with van der Waals surface area (Å²) in [6.07, 6.45) is 5.30. The van der Waals surface area contributed by atoms with Crippen LogP contribution >= 0.6 is 0 Å². The first-order chi connectivity index (χ1) is 8.69. The van der Waals surface area contributed by atoms with Crippen LogP contribution in [0.25, 0.3) is 0 Å². The smallest absolute Gasteiger partial charge is 0.256 e. The van der Waals surface area contributed by atoms with Crippen molar-refractivity contribution in [3.63, 3.8) is 0 Å². The van der Waals surface area contributed by atoms with E-state index in [1.807, 2.05) is 6.92 Å². The van der Waals surface area contributed by atoms with Gasteiger partial charge in [0.25, 0.3) is 5.56 Å². The first-order valence-electron chi connectivity index (χ1n) is 6.73. The second-order valence-electron chi connectivity index (χ2n) is 5.28. The van der Waals surface area contributed by atoms with Crippen LogP contribution in [0.2, 0.25) is 0 Å². The molecule has 3 heterocycles. The van der Waals surface area contributed by atoms with Crippen molar-refractivity contribution in [3.05, 3.63) is 21.7 Å². The fraction of sp³-hybridized carbons (Fsp3) is 0.692. The molecule has 2 aliphatic rings. The molecule has 0 amide bonds. The van der Waals surface area contributed by atoms with Crippen molar-refractivity contribution in [2.24, 2.45) is 0 Å². The monoisotopic (exact) mass is 249 g/mol. The van der Waals surface area contributed by atoms with Gasteiger partial charge in [-0.3, -0.25) is 4.79 Å². The third-order valence-electron chi connectivity index (χ3n) is 4.02. The van der Waals surface area contributed by atoms with Crippen LogP contribution in [0.3, 0.4) is 0 Å². The SMILES string of the molecule is CCCc1c(N)nc(C2CC3CCC2O3)[nH]c1=O. The Bertz CT molecular complexity index is 511. The van der Waals surface area contributed by atoms with Crippen molar-refractivity contribution in [3.8, 4) is 0 Å². The fourth-order valence-corrected chi connectivity index (χ4v) is 3.13. The number of hydrogen-bond donors (Lipinski definition) is 2. The van der Waals surface area contributed by atoms with E-state index in [-0.39, 0.29) is 17.6 Å². The van der Waals surface area contributed by atoms with E-state index in [1.54, 1.807) is 0 Å². The minimum atomic E-state index is -0.0814. The van der Waals surface area contributed by atoms with Gasteiger partial charge < -0.3 is 15.5 Å². The number of rotatable bonds is 3. The van der Waals surface area contributed by atoms with Gasteiger partial charge in [0.1, 0.15) is 11.6 Å². The van der Waals surface area contributed by atoms with E-state index in [2.05, 4.69) is 9.97 Å². The highest BCUT2D eigenvalue weighted by molar-refractivity contribution is 5.38. The molecule has 3 atom stereocenters. The van der Waals surface area contributed by atoms with Crippen LogP contribution in [0.5, 0.6) is 0 Å². The van der Waals surface area contributed by atoms with Crippen molar-refractivity contribution in [1.29, 1.82) is 0 Å². The minimum Gasteiger partial charge on any atom is -0.383 e. The summed E-state index contributed by atoms with van der Waals surface area (Å²) in [7, 11) is 0. The largest absolute Gasteiger partial charge is 0.383 e. The summed E-state index contributed by atoms with van der Waals surface area (Å²) in [5.41, 5.74) is 6.44. The van der Waals surface area contributed by atoms with Gasteiger partial charge in [-0.25, -0.2) is 4.98 Å². The number of aromatic amines is 1. The van der Waals surface area contributed by atoms with Crippen molar-refractivity contribution in [2.45, 2.75) is 57.2 Å². The van der Waals surface area contributed by atoms with E-state index in [1.165, 1.54) is 0 Å². The predicted octanol–water partition coefficient (Wildman–Crippen LogP) is 1.34. The van der Waals surface area contributed by atoms with Gasteiger partial charge in [0.05, 0.1) is 17.8 Å². The summed E-state index contributed by atoms with van der Waals surface area (Å²) in [6, 6.07) is 0. The Balaban J connectivity index is 1.92. The topological polar surface area (TPSA) is 81.0 Å². The lowest BCUT2D eigenvalue weighted by molar-refractivity contribution is 0.0998. The Morgan fingerprint density at radius 1 is 1.50 bits per heavy atom. The average molecular weight is 249 g/mol. The Morgan fingerprint density at radius 3 is 2.89 bits per heavy atom. The molecule has 0 radical (unpaired) electrons. The molecule has 1 aromatic heterocycles. The average Bonchev–Trinajstić information content (AvgIpc) is 2.95. The molecule has 2 aliphatic heterocycles. The van der Waals surface area contributed by atoms with Gasteiger partial charge in [0, 0.05) is 5.92 Å². The second kappa shape index (κ2) is 4.39. The molecular formula is C13H19N3O2. The summed E-state index contributed by atoms with van der Waals surface area (Å²) >= 11 is 0. The maximum Gasteiger partial charge on any atom is 0.256 e. The van der Waals surface area contributed by atoms with Crippen molar-refractivity contribution < 1.29 is 4.74 Å².